The number of likely N-dealkylation sites (tertiary alicyclic amines) is 1. The highest BCUT2D eigenvalue weighted by atomic mass is 16.2. The van der Waals surface area contributed by atoms with Gasteiger partial charge in [0, 0.05) is 37.8 Å². The van der Waals surface area contributed by atoms with Gasteiger partial charge < -0.3 is 10.2 Å². The first kappa shape index (κ1) is 23.0. The number of hydrogen-bond acceptors (Lipinski definition) is 3. The quantitative estimate of drug-likeness (QED) is 0.515. The minimum Gasteiger partial charge on any atom is -0.370 e. The third-order valence-electron chi connectivity index (χ3n) is 7.29. The van der Waals surface area contributed by atoms with Gasteiger partial charge in [0.15, 0.2) is 0 Å². The molecule has 172 valence electrons. The minimum atomic E-state index is 0.124. The average Bonchev–Trinajstić information content (AvgIpc) is 2.82. The molecule has 0 radical (unpaired) electrons. The van der Waals surface area contributed by atoms with Crippen LogP contribution >= 0.6 is 0 Å². The molecule has 1 aliphatic carbocycles. The molecular weight excluding hydrogens is 408 g/mol. The fraction of sp³-hybridized carbons (Fsp3) is 0.464. The number of aliphatic imine (C=N–C) groups is 1. The maximum Gasteiger partial charge on any atom is 0.254 e. The number of benzene rings is 2. The van der Waals surface area contributed by atoms with Gasteiger partial charge in [-0.2, -0.15) is 5.26 Å². The van der Waals surface area contributed by atoms with Crippen LogP contribution in [0.25, 0.3) is 0 Å². The third kappa shape index (κ3) is 4.80. The fourth-order valence-electron chi connectivity index (χ4n) is 5.10. The van der Waals surface area contributed by atoms with Crippen LogP contribution in [-0.4, -0.2) is 43.3 Å². The van der Waals surface area contributed by atoms with Crippen molar-refractivity contribution in [1.29, 1.82) is 5.26 Å². The summed E-state index contributed by atoms with van der Waals surface area (Å²) in [6.07, 6.45) is 5.60. The Morgan fingerprint density at radius 2 is 1.79 bits per heavy atom. The molecule has 2 aliphatic rings. The van der Waals surface area contributed by atoms with Crippen LogP contribution in [0.4, 0.5) is 0 Å². The van der Waals surface area contributed by atoms with Gasteiger partial charge in [-0.05, 0) is 86.3 Å². The highest BCUT2D eigenvalue weighted by Crippen LogP contribution is 2.39. The first-order chi connectivity index (χ1) is 16.0. The average molecular weight is 443 g/mol. The smallest absolute Gasteiger partial charge is 0.254 e. The highest BCUT2D eigenvalue weighted by Gasteiger charge is 2.29. The Morgan fingerprint density at radius 3 is 2.33 bits per heavy atom. The third-order valence-corrected chi connectivity index (χ3v) is 7.29. The second kappa shape index (κ2) is 10.2. The summed E-state index contributed by atoms with van der Waals surface area (Å²) < 4.78 is 0. The van der Waals surface area contributed by atoms with Crippen LogP contribution in [0.5, 0.6) is 0 Å². The summed E-state index contributed by atoms with van der Waals surface area (Å²) in [7, 11) is 1.82. The molecule has 0 aromatic heterocycles. The molecule has 0 atom stereocenters. The molecule has 0 spiro atoms. The molecule has 0 bridgehead atoms. The van der Waals surface area contributed by atoms with Crippen molar-refractivity contribution in [2.75, 3.05) is 26.7 Å². The van der Waals surface area contributed by atoms with Crippen LogP contribution in [0.2, 0.25) is 0 Å². The lowest BCUT2D eigenvalue weighted by atomic mass is 9.77. The Morgan fingerprint density at radius 1 is 1.09 bits per heavy atom. The summed E-state index contributed by atoms with van der Waals surface area (Å²) in [5, 5.41) is 12.4. The normalized spacial score (nSPS) is 17.4. The Balaban J connectivity index is 1.53. The Bertz CT molecular complexity index is 1070. The molecule has 1 aliphatic heterocycles. The number of nitrogens with zero attached hydrogens (tertiary/aromatic N) is 3. The number of amides is 1. The summed E-state index contributed by atoms with van der Waals surface area (Å²) >= 11 is 0. The van der Waals surface area contributed by atoms with Gasteiger partial charge in [-0.1, -0.05) is 24.6 Å². The molecular formula is C28H34N4O. The van der Waals surface area contributed by atoms with Gasteiger partial charge >= 0.3 is 0 Å². The van der Waals surface area contributed by atoms with E-state index in [0.29, 0.717) is 17.4 Å². The van der Waals surface area contributed by atoms with E-state index in [1.165, 1.54) is 30.4 Å². The monoisotopic (exact) mass is 442 g/mol. The van der Waals surface area contributed by atoms with E-state index in [4.69, 9.17) is 5.26 Å². The molecule has 2 aromatic carbocycles. The van der Waals surface area contributed by atoms with Crippen molar-refractivity contribution >= 4 is 11.7 Å². The fourth-order valence-corrected chi connectivity index (χ4v) is 5.10. The molecule has 2 aromatic rings. The standard InChI is InChI=1S/C28H34N4O/c1-4-31-27(30-3)26-17-24(19(2)16-25(26)23-6-5-7-23)28(33)32-14-12-22(13-15-32)21-10-8-20(18-29)9-11-21/h8-11,16-17,22-23H,4-7,12-15H2,1-3H3,(H,30,31). The lowest BCUT2D eigenvalue weighted by Gasteiger charge is -2.33. The molecule has 1 heterocycles. The summed E-state index contributed by atoms with van der Waals surface area (Å²) in [5.41, 5.74) is 6.23. The molecule has 1 saturated heterocycles. The van der Waals surface area contributed by atoms with Crippen LogP contribution in [0.1, 0.15) is 89.0 Å². The molecule has 1 N–H and O–H groups in total. The van der Waals surface area contributed by atoms with E-state index in [1.54, 1.807) is 0 Å². The van der Waals surface area contributed by atoms with Crippen LogP contribution in [-0.2, 0) is 0 Å². The number of nitrogens with one attached hydrogen (secondary N) is 1. The van der Waals surface area contributed by atoms with E-state index in [2.05, 4.69) is 54.5 Å². The largest absolute Gasteiger partial charge is 0.370 e. The van der Waals surface area contributed by atoms with E-state index in [0.717, 1.165) is 55.0 Å². The second-order valence-electron chi connectivity index (χ2n) is 9.29. The first-order valence-electron chi connectivity index (χ1n) is 12.2. The number of piperidine rings is 1. The van der Waals surface area contributed by atoms with Crippen LogP contribution in [0.3, 0.4) is 0 Å². The van der Waals surface area contributed by atoms with Crippen LogP contribution in [0.15, 0.2) is 41.4 Å². The predicted molar refractivity (Wildman–Crippen MR) is 133 cm³/mol. The number of nitriles is 1. The Kier molecular flexibility index (Phi) is 7.13. The molecule has 0 unspecified atom stereocenters. The van der Waals surface area contributed by atoms with Gasteiger partial charge in [-0.3, -0.25) is 9.79 Å². The number of amidine groups is 1. The van der Waals surface area contributed by atoms with Gasteiger partial charge in [-0.15, -0.1) is 0 Å². The first-order valence-corrected chi connectivity index (χ1v) is 12.2. The maximum atomic E-state index is 13.6. The predicted octanol–water partition coefficient (Wildman–Crippen LogP) is 5.14. The van der Waals surface area contributed by atoms with Gasteiger partial charge in [0.05, 0.1) is 11.6 Å². The molecule has 1 saturated carbocycles. The molecule has 2 fully saturated rings. The second-order valence-corrected chi connectivity index (χ2v) is 9.29. The summed E-state index contributed by atoms with van der Waals surface area (Å²) in [4.78, 5) is 20.1. The zero-order valence-electron chi connectivity index (χ0n) is 20.0. The molecule has 4 rings (SSSR count). The Hall–Kier alpha value is -3.13. The van der Waals surface area contributed by atoms with Crippen molar-refractivity contribution in [1.82, 2.24) is 10.2 Å². The minimum absolute atomic E-state index is 0.124. The van der Waals surface area contributed by atoms with Crippen LogP contribution < -0.4 is 5.32 Å². The van der Waals surface area contributed by atoms with Crippen molar-refractivity contribution in [3.8, 4) is 6.07 Å². The van der Waals surface area contributed by atoms with Gasteiger partial charge in [0.25, 0.3) is 5.91 Å². The number of carbonyl (C=O) groups excluding carboxylic acids is 1. The summed E-state index contributed by atoms with van der Waals surface area (Å²) in [5.74, 6) is 2.01. The topological polar surface area (TPSA) is 68.5 Å². The van der Waals surface area contributed by atoms with Gasteiger partial charge in [0.2, 0.25) is 0 Å². The van der Waals surface area contributed by atoms with E-state index in [9.17, 15) is 4.79 Å². The highest BCUT2D eigenvalue weighted by molar-refractivity contribution is 6.04. The summed E-state index contributed by atoms with van der Waals surface area (Å²) in [6.45, 7) is 6.46. The SMILES string of the molecule is CCNC(=NC)c1cc(C(=O)N2CCC(c3ccc(C#N)cc3)CC2)c(C)cc1C1CCC1. The van der Waals surface area contributed by atoms with E-state index < -0.39 is 0 Å². The van der Waals surface area contributed by atoms with Gasteiger partial charge in [-0.25, -0.2) is 0 Å². The van der Waals surface area contributed by atoms with Gasteiger partial charge in [0.1, 0.15) is 5.84 Å². The van der Waals surface area contributed by atoms with E-state index in [-0.39, 0.29) is 5.91 Å². The number of carbonyl (C=O) groups is 1. The number of hydrogen-bond donors (Lipinski definition) is 1. The van der Waals surface area contributed by atoms with Crippen molar-refractivity contribution < 1.29 is 4.79 Å². The van der Waals surface area contributed by atoms with Crippen LogP contribution in [0, 0.1) is 18.3 Å². The molecule has 5 heteroatoms. The molecule has 1 amide bonds. The number of aryl methyl sites for hydroxylation is 1. The lowest BCUT2D eigenvalue weighted by molar-refractivity contribution is 0.0712. The van der Waals surface area contributed by atoms with Crippen molar-refractivity contribution in [2.45, 2.75) is 57.8 Å². The van der Waals surface area contributed by atoms with Crippen molar-refractivity contribution in [3.05, 3.63) is 69.8 Å². The van der Waals surface area contributed by atoms with Crippen molar-refractivity contribution in [3.63, 3.8) is 0 Å². The maximum absolute atomic E-state index is 13.6. The lowest BCUT2D eigenvalue weighted by Crippen LogP contribution is -2.38. The zero-order chi connectivity index (χ0) is 23.4. The Labute approximate surface area is 197 Å². The van der Waals surface area contributed by atoms with Crippen molar-refractivity contribution in [2.24, 2.45) is 4.99 Å². The summed E-state index contributed by atoms with van der Waals surface area (Å²) in [6, 6.07) is 14.4. The molecule has 5 nitrogen and oxygen atoms in total. The number of rotatable bonds is 5. The zero-order valence-corrected chi connectivity index (χ0v) is 20.0. The van der Waals surface area contributed by atoms with E-state index in [1.807, 2.05) is 24.1 Å². The van der Waals surface area contributed by atoms with E-state index >= 15 is 0 Å². The molecule has 33 heavy (non-hydrogen) atoms.